The Morgan fingerprint density at radius 3 is 2.50 bits per heavy atom. The van der Waals surface area contributed by atoms with Crippen LogP contribution in [-0.4, -0.2) is 13.7 Å². The summed E-state index contributed by atoms with van der Waals surface area (Å²) in [5.41, 5.74) is 0.120. The third kappa shape index (κ3) is 2.00. The topological polar surface area (TPSA) is 21.3 Å². The van der Waals surface area contributed by atoms with Crippen molar-refractivity contribution in [2.75, 3.05) is 13.7 Å². The maximum absolute atomic E-state index is 12.6. The lowest BCUT2D eigenvalue weighted by atomic mass is 9.96. The van der Waals surface area contributed by atoms with Crippen molar-refractivity contribution in [3.63, 3.8) is 0 Å². The van der Waals surface area contributed by atoms with E-state index in [4.69, 9.17) is 4.74 Å². The Balaban J connectivity index is 2.34. The molecule has 0 aliphatic carbocycles. The first-order valence-electron chi connectivity index (χ1n) is 5.01. The molecule has 1 aliphatic heterocycles. The first kappa shape index (κ1) is 11.3. The molecule has 1 unspecified atom stereocenters. The van der Waals surface area contributed by atoms with Gasteiger partial charge in [0.15, 0.2) is 0 Å². The minimum absolute atomic E-state index is 0.112. The van der Waals surface area contributed by atoms with Crippen molar-refractivity contribution >= 4 is 0 Å². The second-order valence-corrected chi connectivity index (χ2v) is 3.75. The van der Waals surface area contributed by atoms with Gasteiger partial charge in [-0.2, -0.15) is 13.2 Å². The maximum Gasteiger partial charge on any atom is 0.419 e. The van der Waals surface area contributed by atoms with Crippen molar-refractivity contribution in [1.82, 2.24) is 5.32 Å². The summed E-state index contributed by atoms with van der Waals surface area (Å²) in [5.74, 6) is -0.112. The third-order valence-electron chi connectivity index (χ3n) is 2.76. The Hall–Kier alpha value is -1.23. The van der Waals surface area contributed by atoms with Gasteiger partial charge in [0.25, 0.3) is 0 Å². The SMILES string of the molecule is COc1cc(C2CCN2)ccc1C(F)(F)F. The minimum atomic E-state index is -4.36. The molecule has 1 aromatic carbocycles. The van der Waals surface area contributed by atoms with E-state index in [2.05, 4.69) is 5.32 Å². The van der Waals surface area contributed by atoms with Gasteiger partial charge in [-0.05, 0) is 30.7 Å². The highest BCUT2D eigenvalue weighted by Gasteiger charge is 2.34. The number of alkyl halides is 3. The molecule has 1 heterocycles. The van der Waals surface area contributed by atoms with Crippen molar-refractivity contribution in [3.05, 3.63) is 29.3 Å². The van der Waals surface area contributed by atoms with Gasteiger partial charge in [-0.15, -0.1) is 0 Å². The molecule has 1 saturated heterocycles. The van der Waals surface area contributed by atoms with Gasteiger partial charge in [0.1, 0.15) is 5.75 Å². The molecule has 1 aromatic rings. The number of halogens is 3. The summed E-state index contributed by atoms with van der Waals surface area (Å²) in [6.07, 6.45) is -3.41. The largest absolute Gasteiger partial charge is 0.496 e. The van der Waals surface area contributed by atoms with E-state index in [1.54, 1.807) is 0 Å². The summed E-state index contributed by atoms with van der Waals surface area (Å²) in [6.45, 7) is 0.911. The number of rotatable bonds is 2. The van der Waals surface area contributed by atoms with Crippen LogP contribution in [-0.2, 0) is 6.18 Å². The van der Waals surface area contributed by atoms with Crippen LogP contribution in [0.5, 0.6) is 5.75 Å². The molecule has 0 aromatic heterocycles. The number of methoxy groups -OCH3 is 1. The van der Waals surface area contributed by atoms with Gasteiger partial charge in [0, 0.05) is 6.04 Å². The fourth-order valence-electron chi connectivity index (χ4n) is 1.73. The first-order valence-corrected chi connectivity index (χ1v) is 5.01. The number of hydrogen-bond donors (Lipinski definition) is 1. The van der Waals surface area contributed by atoms with E-state index in [-0.39, 0.29) is 11.8 Å². The minimum Gasteiger partial charge on any atom is -0.496 e. The lowest BCUT2D eigenvalue weighted by molar-refractivity contribution is -0.138. The van der Waals surface area contributed by atoms with E-state index in [0.717, 1.165) is 24.6 Å². The van der Waals surface area contributed by atoms with E-state index in [9.17, 15) is 13.2 Å². The molecular weight excluding hydrogens is 219 g/mol. The average molecular weight is 231 g/mol. The first-order chi connectivity index (χ1) is 7.52. The monoisotopic (exact) mass is 231 g/mol. The summed E-state index contributed by atoms with van der Waals surface area (Å²) in [4.78, 5) is 0. The fraction of sp³-hybridized carbons (Fsp3) is 0.455. The molecule has 2 rings (SSSR count). The molecule has 0 radical (unpaired) electrons. The zero-order valence-electron chi connectivity index (χ0n) is 8.77. The average Bonchev–Trinajstić information content (AvgIpc) is 2.13. The zero-order valence-corrected chi connectivity index (χ0v) is 8.77. The Morgan fingerprint density at radius 2 is 2.06 bits per heavy atom. The second kappa shape index (κ2) is 3.97. The summed E-state index contributed by atoms with van der Waals surface area (Å²) in [5, 5.41) is 3.13. The molecule has 88 valence electrons. The Kier molecular flexibility index (Phi) is 2.80. The van der Waals surface area contributed by atoms with Crippen LogP contribution in [0.25, 0.3) is 0 Å². The van der Waals surface area contributed by atoms with Gasteiger partial charge < -0.3 is 10.1 Å². The van der Waals surface area contributed by atoms with Crippen LogP contribution in [0.15, 0.2) is 18.2 Å². The van der Waals surface area contributed by atoms with Gasteiger partial charge in [0.05, 0.1) is 12.7 Å². The van der Waals surface area contributed by atoms with Gasteiger partial charge in [0.2, 0.25) is 0 Å². The molecule has 0 saturated carbocycles. The summed E-state index contributed by atoms with van der Waals surface area (Å²) in [6, 6.07) is 4.20. The highest BCUT2D eigenvalue weighted by Crippen LogP contribution is 2.38. The van der Waals surface area contributed by atoms with E-state index in [0.29, 0.717) is 0 Å². The molecule has 1 atom stereocenters. The van der Waals surface area contributed by atoms with Gasteiger partial charge in [-0.3, -0.25) is 0 Å². The molecule has 0 spiro atoms. The van der Waals surface area contributed by atoms with E-state index >= 15 is 0 Å². The van der Waals surface area contributed by atoms with E-state index in [1.165, 1.54) is 19.2 Å². The van der Waals surface area contributed by atoms with Gasteiger partial charge >= 0.3 is 6.18 Å². The van der Waals surface area contributed by atoms with Gasteiger partial charge in [-0.1, -0.05) is 6.07 Å². The van der Waals surface area contributed by atoms with Crippen molar-refractivity contribution in [2.45, 2.75) is 18.6 Å². The van der Waals surface area contributed by atoms with Crippen LogP contribution >= 0.6 is 0 Å². The zero-order chi connectivity index (χ0) is 11.8. The molecule has 1 N–H and O–H groups in total. The summed E-state index contributed by atoms with van der Waals surface area (Å²) in [7, 11) is 1.25. The van der Waals surface area contributed by atoms with Crippen LogP contribution in [0.4, 0.5) is 13.2 Å². The third-order valence-corrected chi connectivity index (χ3v) is 2.76. The number of hydrogen-bond acceptors (Lipinski definition) is 2. The summed E-state index contributed by atoms with van der Waals surface area (Å²) < 4.78 is 42.5. The second-order valence-electron chi connectivity index (χ2n) is 3.75. The predicted molar refractivity (Wildman–Crippen MR) is 53.4 cm³/mol. The lowest BCUT2D eigenvalue weighted by Crippen LogP contribution is -2.34. The van der Waals surface area contributed by atoms with Crippen LogP contribution in [0.2, 0.25) is 0 Å². The lowest BCUT2D eigenvalue weighted by Gasteiger charge is -2.28. The molecule has 5 heteroatoms. The molecule has 2 nitrogen and oxygen atoms in total. The number of benzene rings is 1. The van der Waals surface area contributed by atoms with E-state index < -0.39 is 11.7 Å². The normalized spacial score (nSPS) is 20.4. The number of nitrogens with one attached hydrogen (secondary N) is 1. The molecule has 0 amide bonds. The van der Waals surface area contributed by atoms with Crippen LogP contribution < -0.4 is 10.1 Å². The standard InChI is InChI=1S/C11H12F3NO/c1-16-10-6-7(9-4-5-15-9)2-3-8(10)11(12,13)14/h2-3,6,9,15H,4-5H2,1H3. The Bertz CT molecular complexity index is 385. The Labute approximate surface area is 91.4 Å². The van der Waals surface area contributed by atoms with Crippen molar-refractivity contribution in [1.29, 1.82) is 0 Å². The maximum atomic E-state index is 12.6. The Morgan fingerprint density at radius 1 is 1.38 bits per heavy atom. The molecular formula is C11H12F3NO. The highest BCUT2D eigenvalue weighted by molar-refractivity contribution is 5.41. The summed E-state index contributed by atoms with van der Waals surface area (Å²) >= 11 is 0. The van der Waals surface area contributed by atoms with Crippen molar-refractivity contribution < 1.29 is 17.9 Å². The molecule has 1 fully saturated rings. The molecule has 1 aliphatic rings. The molecule has 0 bridgehead atoms. The molecule has 16 heavy (non-hydrogen) atoms. The van der Waals surface area contributed by atoms with Crippen LogP contribution in [0.3, 0.4) is 0 Å². The highest BCUT2D eigenvalue weighted by atomic mass is 19.4. The van der Waals surface area contributed by atoms with Gasteiger partial charge in [-0.25, -0.2) is 0 Å². The quantitative estimate of drug-likeness (QED) is 0.845. The fourth-order valence-corrected chi connectivity index (χ4v) is 1.73. The van der Waals surface area contributed by atoms with Crippen LogP contribution in [0, 0.1) is 0 Å². The predicted octanol–water partition coefficient (Wildman–Crippen LogP) is 2.75. The van der Waals surface area contributed by atoms with Crippen molar-refractivity contribution in [2.24, 2.45) is 0 Å². The van der Waals surface area contributed by atoms with Crippen molar-refractivity contribution in [3.8, 4) is 5.75 Å². The smallest absolute Gasteiger partial charge is 0.419 e. The van der Waals surface area contributed by atoms with E-state index in [1.807, 2.05) is 0 Å². The van der Waals surface area contributed by atoms with Crippen LogP contribution in [0.1, 0.15) is 23.6 Å². The number of ether oxygens (including phenoxy) is 1.